The van der Waals surface area contributed by atoms with Crippen molar-refractivity contribution in [2.24, 2.45) is 5.41 Å². The molecule has 0 spiro atoms. The van der Waals surface area contributed by atoms with Gasteiger partial charge in [0.15, 0.2) is 0 Å². The van der Waals surface area contributed by atoms with E-state index in [1.54, 1.807) is 0 Å². The van der Waals surface area contributed by atoms with Gasteiger partial charge in [-0.3, -0.25) is 9.59 Å². The van der Waals surface area contributed by atoms with Gasteiger partial charge in [-0.25, -0.2) is 4.39 Å². The van der Waals surface area contributed by atoms with E-state index in [4.69, 9.17) is 5.26 Å². The molecule has 0 aromatic heterocycles. The molecule has 5 aliphatic rings. The number of carbonyl (C=O) groups excluding carboxylic acids is 2. The summed E-state index contributed by atoms with van der Waals surface area (Å²) < 4.78 is 13.5. The van der Waals surface area contributed by atoms with E-state index in [1.165, 1.54) is 4.90 Å². The molecule has 1 saturated heterocycles. The first-order chi connectivity index (χ1) is 12.5. The Hall–Kier alpha value is -1.68. The number of halogens is 1. The molecular weight excluding hydrogens is 335 g/mol. The van der Waals surface area contributed by atoms with Crippen molar-refractivity contribution in [3.8, 4) is 6.07 Å². The zero-order valence-electron chi connectivity index (χ0n) is 15.1. The van der Waals surface area contributed by atoms with E-state index >= 15 is 0 Å². The van der Waals surface area contributed by atoms with Crippen molar-refractivity contribution >= 4 is 11.8 Å². The predicted octanol–water partition coefficient (Wildman–Crippen LogP) is 1.41. The van der Waals surface area contributed by atoms with E-state index in [1.807, 2.05) is 6.07 Å². The summed E-state index contributed by atoms with van der Waals surface area (Å²) in [4.78, 5) is 26.4. The van der Waals surface area contributed by atoms with Crippen LogP contribution in [0.4, 0.5) is 4.39 Å². The van der Waals surface area contributed by atoms with Crippen molar-refractivity contribution in [1.82, 2.24) is 15.5 Å². The van der Waals surface area contributed by atoms with Crippen LogP contribution in [0.15, 0.2) is 0 Å². The fourth-order valence-electron chi connectivity index (χ4n) is 4.90. The number of nitrogens with zero attached hydrogens (tertiary/aromatic N) is 2. The summed E-state index contributed by atoms with van der Waals surface area (Å²) in [6.45, 7) is 0.169. The number of fused-ring (bicyclic) bond motifs is 3. The van der Waals surface area contributed by atoms with Crippen molar-refractivity contribution in [3.05, 3.63) is 0 Å². The molecule has 5 rings (SSSR count). The number of likely N-dealkylation sites (tertiary alicyclic amines) is 1. The summed E-state index contributed by atoms with van der Waals surface area (Å²) in [6, 6.07) is 1.78. The van der Waals surface area contributed by atoms with Crippen LogP contribution in [0.5, 0.6) is 0 Å². The Morgan fingerprint density at radius 3 is 2.38 bits per heavy atom. The Morgan fingerprint density at radius 1 is 1.15 bits per heavy atom. The number of amides is 2. The molecule has 1 heterocycles. The highest BCUT2D eigenvalue weighted by Gasteiger charge is 2.53. The molecule has 5 fully saturated rings. The lowest BCUT2D eigenvalue weighted by atomic mass is 9.57. The number of hydrogen-bond acceptors (Lipinski definition) is 4. The molecule has 0 aromatic rings. The molecule has 26 heavy (non-hydrogen) atoms. The molecule has 2 atom stereocenters. The minimum Gasteiger partial charge on any atom is -0.353 e. The lowest BCUT2D eigenvalue weighted by Crippen LogP contribution is -2.60. The predicted molar refractivity (Wildman–Crippen MR) is 92.7 cm³/mol. The summed E-state index contributed by atoms with van der Waals surface area (Å²) >= 11 is 0. The number of alkyl halides is 1. The fraction of sp³-hybridized carbons (Fsp3) is 0.842. The summed E-state index contributed by atoms with van der Waals surface area (Å²) in [5.74, 6) is 0.0345. The molecule has 1 aliphatic heterocycles. The van der Waals surface area contributed by atoms with Gasteiger partial charge in [0.2, 0.25) is 11.8 Å². The number of nitriles is 1. The molecular formula is C19H27FN4O2. The monoisotopic (exact) mass is 362 g/mol. The first-order valence-corrected chi connectivity index (χ1v) is 9.85. The first-order valence-electron chi connectivity index (χ1n) is 9.85. The molecule has 2 unspecified atom stereocenters. The fourth-order valence-corrected chi connectivity index (χ4v) is 4.90. The SMILES string of the molecule is N#CC1CC(F)CN1C(=O)CNC12CCC(C(=O)NC3CC3)(CC1)CC2. The molecule has 2 N–H and O–H groups in total. The molecule has 4 aliphatic carbocycles. The molecule has 6 nitrogen and oxygen atoms in total. The maximum absolute atomic E-state index is 13.5. The van der Waals surface area contributed by atoms with Gasteiger partial charge < -0.3 is 15.5 Å². The first kappa shape index (κ1) is 17.7. The zero-order valence-corrected chi connectivity index (χ0v) is 15.1. The van der Waals surface area contributed by atoms with Gasteiger partial charge in [0.05, 0.1) is 19.2 Å². The van der Waals surface area contributed by atoms with Crippen LogP contribution >= 0.6 is 0 Å². The van der Waals surface area contributed by atoms with E-state index in [9.17, 15) is 14.0 Å². The summed E-state index contributed by atoms with van der Waals surface area (Å²) in [6.07, 6.45) is 6.51. The van der Waals surface area contributed by atoms with Gasteiger partial charge in [0.25, 0.3) is 0 Å². The highest BCUT2D eigenvalue weighted by atomic mass is 19.1. The molecule has 0 radical (unpaired) electrons. The average Bonchev–Trinajstić information content (AvgIpc) is 3.40. The second-order valence-electron chi connectivity index (χ2n) is 8.69. The van der Waals surface area contributed by atoms with Crippen LogP contribution in [0.2, 0.25) is 0 Å². The highest BCUT2D eigenvalue weighted by molar-refractivity contribution is 5.83. The topological polar surface area (TPSA) is 85.2 Å². The Balaban J connectivity index is 1.31. The third kappa shape index (κ3) is 3.20. The number of nitrogens with one attached hydrogen (secondary N) is 2. The minimum absolute atomic E-state index is 0.0240. The summed E-state index contributed by atoms with van der Waals surface area (Å²) in [5, 5.41) is 15.7. The lowest BCUT2D eigenvalue weighted by Gasteiger charge is -2.53. The second-order valence-corrected chi connectivity index (χ2v) is 8.69. The van der Waals surface area contributed by atoms with Crippen molar-refractivity contribution in [1.29, 1.82) is 5.26 Å². The maximum Gasteiger partial charge on any atom is 0.237 e. The number of hydrogen-bond donors (Lipinski definition) is 2. The number of carbonyl (C=O) groups is 2. The van der Waals surface area contributed by atoms with Crippen LogP contribution in [-0.2, 0) is 9.59 Å². The Kier molecular flexibility index (Phi) is 4.42. The van der Waals surface area contributed by atoms with Gasteiger partial charge in [-0.1, -0.05) is 0 Å². The molecule has 0 aromatic carbocycles. The van der Waals surface area contributed by atoms with Crippen LogP contribution in [0.3, 0.4) is 0 Å². The molecule has 2 amide bonds. The molecule has 142 valence electrons. The van der Waals surface area contributed by atoms with E-state index in [2.05, 4.69) is 10.6 Å². The van der Waals surface area contributed by atoms with Crippen LogP contribution in [0, 0.1) is 16.7 Å². The molecule has 4 saturated carbocycles. The van der Waals surface area contributed by atoms with Gasteiger partial charge in [0, 0.05) is 23.4 Å². The van der Waals surface area contributed by atoms with Gasteiger partial charge in [0.1, 0.15) is 12.2 Å². The quantitative estimate of drug-likeness (QED) is 0.774. The summed E-state index contributed by atoms with van der Waals surface area (Å²) in [7, 11) is 0. The van der Waals surface area contributed by atoms with Gasteiger partial charge >= 0.3 is 0 Å². The van der Waals surface area contributed by atoms with E-state index in [-0.39, 0.29) is 42.3 Å². The van der Waals surface area contributed by atoms with E-state index in [0.717, 1.165) is 51.4 Å². The minimum atomic E-state index is -1.10. The van der Waals surface area contributed by atoms with Crippen molar-refractivity contribution in [3.63, 3.8) is 0 Å². The van der Waals surface area contributed by atoms with Crippen molar-refractivity contribution in [2.75, 3.05) is 13.1 Å². The average molecular weight is 362 g/mol. The lowest BCUT2D eigenvalue weighted by molar-refractivity contribution is -0.139. The largest absolute Gasteiger partial charge is 0.353 e. The van der Waals surface area contributed by atoms with Gasteiger partial charge in [-0.05, 0) is 51.4 Å². The van der Waals surface area contributed by atoms with Crippen LogP contribution in [0.25, 0.3) is 0 Å². The van der Waals surface area contributed by atoms with Crippen molar-refractivity contribution < 1.29 is 14.0 Å². The number of rotatable bonds is 5. The normalized spacial score (nSPS) is 38.8. The third-order valence-corrected chi connectivity index (χ3v) is 6.97. The third-order valence-electron chi connectivity index (χ3n) is 6.97. The Morgan fingerprint density at radius 2 is 1.81 bits per heavy atom. The maximum atomic E-state index is 13.5. The van der Waals surface area contributed by atoms with E-state index < -0.39 is 12.2 Å². The Labute approximate surface area is 153 Å². The van der Waals surface area contributed by atoms with Crippen LogP contribution < -0.4 is 10.6 Å². The van der Waals surface area contributed by atoms with Crippen LogP contribution in [-0.4, -0.2) is 53.6 Å². The van der Waals surface area contributed by atoms with Gasteiger partial charge in [-0.15, -0.1) is 0 Å². The smallest absolute Gasteiger partial charge is 0.237 e. The van der Waals surface area contributed by atoms with Gasteiger partial charge in [-0.2, -0.15) is 5.26 Å². The Bertz CT molecular complexity index is 617. The molecule has 2 bridgehead atoms. The molecule has 7 heteroatoms. The standard InChI is InChI=1S/C19H27FN4O2/c20-13-9-15(10-21)24(12-13)16(25)11-22-19-6-3-18(4-7-19,5-8-19)17(26)23-14-1-2-14/h13-15,22H,1-9,11-12H2,(H,23,26). The highest BCUT2D eigenvalue weighted by Crippen LogP contribution is 2.52. The van der Waals surface area contributed by atoms with Crippen molar-refractivity contribution in [2.45, 2.75) is 81.6 Å². The second kappa shape index (κ2) is 6.49. The van der Waals surface area contributed by atoms with Crippen LogP contribution in [0.1, 0.15) is 57.8 Å². The zero-order chi connectivity index (χ0) is 18.4. The summed E-state index contributed by atoms with van der Waals surface area (Å²) in [5.41, 5.74) is -0.299. The van der Waals surface area contributed by atoms with E-state index in [0.29, 0.717) is 6.04 Å².